The summed E-state index contributed by atoms with van der Waals surface area (Å²) < 4.78 is 2.29. The van der Waals surface area contributed by atoms with Gasteiger partial charge in [0.15, 0.2) is 0 Å². The van der Waals surface area contributed by atoms with Gasteiger partial charge in [0, 0.05) is 38.4 Å². The fourth-order valence-corrected chi connectivity index (χ4v) is 2.63. The molecule has 0 aliphatic carbocycles. The van der Waals surface area contributed by atoms with Gasteiger partial charge in [0.05, 0.1) is 0 Å². The Labute approximate surface area is 135 Å². The first kappa shape index (κ1) is 18.4. The van der Waals surface area contributed by atoms with Crippen LogP contribution in [-0.2, 0) is 18.4 Å². The molecule has 1 aromatic heterocycles. The summed E-state index contributed by atoms with van der Waals surface area (Å²) in [5.41, 5.74) is -0.828. The van der Waals surface area contributed by atoms with Crippen molar-refractivity contribution in [3.63, 3.8) is 0 Å². The Kier molecular flexibility index (Phi) is 6.83. The van der Waals surface area contributed by atoms with Gasteiger partial charge < -0.3 is 10.2 Å². The molecule has 2 heterocycles. The number of hydrogen-bond donors (Lipinski definition) is 1. The fourth-order valence-electron chi connectivity index (χ4n) is 2.63. The first-order valence-electron chi connectivity index (χ1n) is 7.31. The summed E-state index contributed by atoms with van der Waals surface area (Å²) in [7, 11) is 1.41. The predicted octanol–water partition coefficient (Wildman–Crippen LogP) is -0.431. The van der Waals surface area contributed by atoms with Crippen molar-refractivity contribution in [2.24, 2.45) is 7.05 Å². The van der Waals surface area contributed by atoms with Gasteiger partial charge in [-0.05, 0) is 19.4 Å². The molecule has 0 radical (unpaired) electrons. The summed E-state index contributed by atoms with van der Waals surface area (Å²) in [6, 6.07) is 1.50. The number of carbonyl (C=O) groups is 1. The van der Waals surface area contributed by atoms with Crippen molar-refractivity contribution in [1.82, 2.24) is 19.4 Å². The lowest BCUT2D eigenvalue weighted by atomic mass is 10.2. The molecule has 0 aromatic carbocycles. The Bertz CT molecular complexity index is 619. The first-order chi connectivity index (χ1) is 10.0. The van der Waals surface area contributed by atoms with Crippen LogP contribution in [0.4, 0.5) is 0 Å². The number of halogens is 1. The number of nitrogens with zero attached hydrogens (tertiary/aromatic N) is 3. The molecule has 1 aliphatic rings. The van der Waals surface area contributed by atoms with Crippen molar-refractivity contribution < 1.29 is 4.79 Å². The van der Waals surface area contributed by atoms with Crippen molar-refractivity contribution in [3.8, 4) is 0 Å². The van der Waals surface area contributed by atoms with Gasteiger partial charge in [0.25, 0.3) is 5.56 Å². The molecule has 1 aliphatic heterocycles. The number of hydrogen-bond acceptors (Lipinski definition) is 4. The lowest BCUT2D eigenvalue weighted by Gasteiger charge is -2.28. The summed E-state index contributed by atoms with van der Waals surface area (Å²) >= 11 is 0. The number of carbonyl (C=O) groups excluding carboxylic acids is 1. The molecule has 124 valence electrons. The van der Waals surface area contributed by atoms with Crippen molar-refractivity contribution in [1.29, 1.82) is 0 Å². The molecule has 0 saturated carbocycles. The molecule has 1 fully saturated rings. The molecule has 8 heteroatoms. The second-order valence-electron chi connectivity index (χ2n) is 5.36. The van der Waals surface area contributed by atoms with Crippen LogP contribution in [0.15, 0.2) is 21.9 Å². The van der Waals surface area contributed by atoms with Gasteiger partial charge in [-0.1, -0.05) is 6.92 Å². The Hall–Kier alpha value is -1.60. The third kappa shape index (κ3) is 3.98. The summed E-state index contributed by atoms with van der Waals surface area (Å²) in [5, 5.41) is 3.25. The standard InChI is InChI=1S/C14H22N4O3.ClH/c1-3-7-18(11-4-6-15-9-11)13(20)10-17-8-5-12(19)16(2)14(17)21;/h5,8,11,15H,3-4,6-7,9-10H2,1-2H3;1H. The van der Waals surface area contributed by atoms with E-state index < -0.39 is 5.69 Å². The SMILES string of the molecule is CCCN(C(=O)Cn1ccc(=O)n(C)c1=O)C1CCNC1.Cl. The second-order valence-corrected chi connectivity index (χ2v) is 5.36. The third-order valence-electron chi connectivity index (χ3n) is 3.83. The van der Waals surface area contributed by atoms with E-state index in [-0.39, 0.29) is 36.5 Å². The van der Waals surface area contributed by atoms with E-state index >= 15 is 0 Å². The van der Waals surface area contributed by atoms with Gasteiger partial charge in [0.1, 0.15) is 6.54 Å². The molecule has 7 nitrogen and oxygen atoms in total. The zero-order valence-electron chi connectivity index (χ0n) is 12.9. The molecular formula is C14H23ClN4O3. The summed E-state index contributed by atoms with van der Waals surface area (Å²) in [6.07, 6.45) is 3.21. The lowest BCUT2D eigenvalue weighted by molar-refractivity contribution is -0.134. The van der Waals surface area contributed by atoms with Crippen molar-refractivity contribution in [2.75, 3.05) is 19.6 Å². The van der Waals surface area contributed by atoms with Gasteiger partial charge >= 0.3 is 5.69 Å². The Balaban J connectivity index is 0.00000242. The Morgan fingerprint density at radius 1 is 1.45 bits per heavy atom. The maximum atomic E-state index is 12.5. The van der Waals surface area contributed by atoms with Crippen molar-refractivity contribution in [3.05, 3.63) is 33.1 Å². The Morgan fingerprint density at radius 3 is 2.77 bits per heavy atom. The maximum Gasteiger partial charge on any atom is 0.331 e. The largest absolute Gasteiger partial charge is 0.337 e. The monoisotopic (exact) mass is 330 g/mol. The third-order valence-corrected chi connectivity index (χ3v) is 3.83. The second kappa shape index (κ2) is 8.14. The quantitative estimate of drug-likeness (QED) is 0.795. The van der Waals surface area contributed by atoms with Gasteiger partial charge in [-0.2, -0.15) is 0 Å². The Morgan fingerprint density at radius 2 is 2.18 bits per heavy atom. The van der Waals surface area contributed by atoms with E-state index in [0.29, 0.717) is 6.54 Å². The molecular weight excluding hydrogens is 308 g/mol. The predicted molar refractivity (Wildman–Crippen MR) is 86.5 cm³/mol. The van der Waals surface area contributed by atoms with E-state index in [1.807, 2.05) is 11.8 Å². The minimum atomic E-state index is -0.461. The zero-order chi connectivity index (χ0) is 15.4. The van der Waals surface area contributed by atoms with Crippen molar-refractivity contribution >= 4 is 18.3 Å². The van der Waals surface area contributed by atoms with Gasteiger partial charge in [-0.25, -0.2) is 4.79 Å². The van der Waals surface area contributed by atoms with Gasteiger partial charge in [-0.15, -0.1) is 12.4 Å². The van der Waals surface area contributed by atoms with E-state index in [4.69, 9.17) is 0 Å². The molecule has 0 bridgehead atoms. The number of rotatable bonds is 5. The van der Waals surface area contributed by atoms with Crippen LogP contribution in [0.25, 0.3) is 0 Å². The zero-order valence-corrected chi connectivity index (χ0v) is 13.8. The van der Waals surface area contributed by atoms with E-state index in [1.165, 1.54) is 23.9 Å². The number of nitrogens with one attached hydrogen (secondary N) is 1. The van der Waals surface area contributed by atoms with E-state index in [9.17, 15) is 14.4 Å². The van der Waals surface area contributed by atoms with Gasteiger partial charge in [-0.3, -0.25) is 18.7 Å². The maximum absolute atomic E-state index is 12.5. The molecule has 1 saturated heterocycles. The van der Waals surface area contributed by atoms with Crippen LogP contribution < -0.4 is 16.6 Å². The van der Waals surface area contributed by atoms with E-state index in [0.717, 1.165) is 30.5 Å². The number of amides is 1. The highest BCUT2D eigenvalue weighted by molar-refractivity contribution is 5.85. The van der Waals surface area contributed by atoms with Crippen LogP contribution in [0, 0.1) is 0 Å². The van der Waals surface area contributed by atoms with Crippen LogP contribution in [0.5, 0.6) is 0 Å². The van der Waals surface area contributed by atoms with Crippen LogP contribution in [0.3, 0.4) is 0 Å². The molecule has 1 aromatic rings. The normalized spacial score (nSPS) is 17.1. The minimum absolute atomic E-state index is 0. The molecule has 1 N–H and O–H groups in total. The smallest absolute Gasteiger partial charge is 0.331 e. The molecule has 1 unspecified atom stereocenters. The fraction of sp³-hybridized carbons (Fsp3) is 0.643. The van der Waals surface area contributed by atoms with Crippen molar-refractivity contribution in [2.45, 2.75) is 32.4 Å². The van der Waals surface area contributed by atoms with E-state index in [1.54, 1.807) is 0 Å². The molecule has 22 heavy (non-hydrogen) atoms. The van der Waals surface area contributed by atoms with Crippen LogP contribution in [-0.4, -0.2) is 45.6 Å². The number of aromatic nitrogens is 2. The first-order valence-corrected chi connectivity index (χ1v) is 7.31. The molecule has 1 amide bonds. The van der Waals surface area contributed by atoms with Gasteiger partial charge in [0.2, 0.25) is 5.91 Å². The van der Waals surface area contributed by atoms with Crippen LogP contribution in [0.2, 0.25) is 0 Å². The average molecular weight is 331 g/mol. The highest BCUT2D eigenvalue weighted by Crippen LogP contribution is 2.10. The average Bonchev–Trinajstić information content (AvgIpc) is 2.99. The minimum Gasteiger partial charge on any atom is -0.337 e. The summed E-state index contributed by atoms with van der Waals surface area (Å²) in [5.74, 6) is -0.0775. The highest BCUT2D eigenvalue weighted by atomic mass is 35.5. The highest BCUT2D eigenvalue weighted by Gasteiger charge is 2.26. The van der Waals surface area contributed by atoms with Crippen LogP contribution in [0.1, 0.15) is 19.8 Å². The van der Waals surface area contributed by atoms with Crippen LogP contribution >= 0.6 is 12.4 Å². The molecule has 0 spiro atoms. The summed E-state index contributed by atoms with van der Waals surface area (Å²) in [6.45, 7) is 4.40. The molecule has 1 atom stereocenters. The topological polar surface area (TPSA) is 76.3 Å². The van der Waals surface area contributed by atoms with E-state index in [2.05, 4.69) is 5.32 Å². The summed E-state index contributed by atoms with van der Waals surface area (Å²) in [4.78, 5) is 37.7. The lowest BCUT2D eigenvalue weighted by Crippen LogP contribution is -2.46. The molecule has 2 rings (SSSR count).